The van der Waals surface area contributed by atoms with Crippen molar-refractivity contribution in [2.75, 3.05) is 5.32 Å². The Balaban J connectivity index is 1.63. The predicted molar refractivity (Wildman–Crippen MR) is 116 cm³/mol. The monoisotopic (exact) mass is 399 g/mol. The van der Waals surface area contributed by atoms with Gasteiger partial charge in [-0.25, -0.2) is 18.4 Å². The summed E-state index contributed by atoms with van der Waals surface area (Å²) < 4.78 is 24.3. The summed E-state index contributed by atoms with van der Waals surface area (Å²) in [6, 6.07) is 21.2. The molecule has 3 aromatic carbocycles. The molecule has 1 aliphatic heterocycles. The van der Waals surface area contributed by atoms with Crippen LogP contribution in [0.2, 0.25) is 0 Å². The van der Waals surface area contributed by atoms with Crippen molar-refractivity contribution in [2.45, 2.75) is 11.8 Å². The second kappa shape index (κ2) is 6.53. The predicted octanol–water partition coefficient (Wildman–Crippen LogP) is 5.11. The molecule has 0 radical (unpaired) electrons. The van der Waals surface area contributed by atoms with Gasteiger partial charge in [0.2, 0.25) is 15.8 Å². The van der Waals surface area contributed by atoms with E-state index in [1.165, 1.54) is 5.41 Å². The Labute approximate surface area is 168 Å². The molecule has 0 bridgehead atoms. The molecule has 142 valence electrons. The number of nitrogens with one attached hydrogen (secondary N) is 1. The van der Waals surface area contributed by atoms with Gasteiger partial charge in [0.05, 0.1) is 16.1 Å². The molecule has 5 rings (SSSR count). The molecule has 0 amide bonds. The summed E-state index contributed by atoms with van der Waals surface area (Å²) in [5.41, 5.74) is 5.10. The van der Waals surface area contributed by atoms with Crippen molar-refractivity contribution in [3.05, 3.63) is 83.3 Å². The third kappa shape index (κ3) is 3.17. The average molecular weight is 399 g/mol. The molecule has 6 heteroatoms. The second-order valence-corrected chi connectivity index (χ2v) is 8.81. The Morgan fingerprint density at radius 1 is 0.897 bits per heavy atom. The van der Waals surface area contributed by atoms with Gasteiger partial charge in [-0.05, 0) is 42.8 Å². The Hall–Kier alpha value is -3.51. The van der Waals surface area contributed by atoms with Crippen LogP contribution in [0.25, 0.3) is 28.2 Å². The van der Waals surface area contributed by atoms with Crippen LogP contribution in [-0.4, -0.2) is 18.4 Å². The highest BCUT2D eigenvalue weighted by Crippen LogP contribution is 2.32. The lowest BCUT2D eigenvalue weighted by atomic mass is 10.0. The summed E-state index contributed by atoms with van der Waals surface area (Å²) in [4.78, 5) is 9.68. The third-order valence-electron chi connectivity index (χ3n) is 4.90. The van der Waals surface area contributed by atoms with E-state index >= 15 is 0 Å². The Morgan fingerprint density at radius 3 is 2.55 bits per heavy atom. The van der Waals surface area contributed by atoms with Crippen LogP contribution >= 0.6 is 0 Å². The van der Waals surface area contributed by atoms with E-state index in [1.54, 1.807) is 18.2 Å². The number of aromatic nitrogens is 2. The highest BCUT2D eigenvalue weighted by atomic mass is 32.2. The number of benzene rings is 3. The van der Waals surface area contributed by atoms with Crippen molar-refractivity contribution in [2.24, 2.45) is 0 Å². The molecule has 29 heavy (non-hydrogen) atoms. The van der Waals surface area contributed by atoms with E-state index < -0.39 is 9.84 Å². The Bertz CT molecular complexity index is 1390. The first-order chi connectivity index (χ1) is 14.0. The summed E-state index contributed by atoms with van der Waals surface area (Å²) in [7, 11) is -3.37. The van der Waals surface area contributed by atoms with Crippen LogP contribution in [0, 0.1) is 6.92 Å². The largest absolute Gasteiger partial charge is 0.324 e. The second-order valence-electron chi connectivity index (χ2n) is 7.01. The van der Waals surface area contributed by atoms with Crippen LogP contribution in [0.4, 0.5) is 11.6 Å². The minimum Gasteiger partial charge on any atom is -0.324 e. The summed E-state index contributed by atoms with van der Waals surface area (Å²) in [6.45, 7) is 2.04. The van der Waals surface area contributed by atoms with Crippen molar-refractivity contribution in [1.82, 2.24) is 9.97 Å². The highest BCUT2D eigenvalue weighted by Gasteiger charge is 2.21. The third-order valence-corrected chi connectivity index (χ3v) is 6.36. The lowest BCUT2D eigenvalue weighted by Crippen LogP contribution is -2.01. The van der Waals surface area contributed by atoms with Gasteiger partial charge in [-0.1, -0.05) is 48.0 Å². The molecule has 0 spiro atoms. The van der Waals surface area contributed by atoms with Gasteiger partial charge in [0.25, 0.3) is 0 Å². The van der Waals surface area contributed by atoms with E-state index in [9.17, 15) is 8.42 Å². The molecular weight excluding hydrogens is 382 g/mol. The number of hydrogen-bond donors (Lipinski definition) is 1. The first kappa shape index (κ1) is 17.6. The number of sulfone groups is 1. The van der Waals surface area contributed by atoms with E-state index in [-0.39, 0.29) is 0 Å². The van der Waals surface area contributed by atoms with Crippen LogP contribution in [0.1, 0.15) is 11.1 Å². The van der Waals surface area contributed by atoms with Crippen molar-refractivity contribution < 1.29 is 8.42 Å². The maximum atomic E-state index is 12.2. The maximum Gasteiger partial charge on any atom is 0.228 e. The molecule has 0 aliphatic carbocycles. The van der Waals surface area contributed by atoms with E-state index in [4.69, 9.17) is 4.98 Å². The van der Waals surface area contributed by atoms with Gasteiger partial charge in [-0.15, -0.1) is 0 Å². The number of hydrogen-bond acceptors (Lipinski definition) is 5. The first-order valence-electron chi connectivity index (χ1n) is 9.18. The molecule has 1 aliphatic rings. The standard InChI is InChI=1S/C23H17N3O2S/c1-15-7-10-20-19(13-15)22(17-5-3-2-4-6-17)26-23(25-20)24-18-9-8-16-11-12-29(27,28)21(16)14-18/h2-14H,1H3,(H,24,25,26). The van der Waals surface area contributed by atoms with Crippen LogP contribution in [0.15, 0.2) is 77.0 Å². The molecule has 2 heterocycles. The lowest BCUT2D eigenvalue weighted by Gasteiger charge is -2.12. The molecule has 0 saturated heterocycles. The van der Waals surface area contributed by atoms with Gasteiger partial charge < -0.3 is 5.32 Å². The van der Waals surface area contributed by atoms with E-state index in [0.29, 0.717) is 22.1 Å². The number of fused-ring (bicyclic) bond motifs is 2. The smallest absolute Gasteiger partial charge is 0.228 e. The zero-order valence-electron chi connectivity index (χ0n) is 15.6. The topological polar surface area (TPSA) is 72.0 Å². The van der Waals surface area contributed by atoms with E-state index in [0.717, 1.165) is 27.7 Å². The molecule has 1 aromatic heterocycles. The van der Waals surface area contributed by atoms with Gasteiger partial charge in [0.15, 0.2) is 0 Å². The average Bonchev–Trinajstić information content (AvgIpc) is 3.03. The molecule has 0 fully saturated rings. The van der Waals surface area contributed by atoms with Crippen LogP contribution in [-0.2, 0) is 9.84 Å². The Kier molecular flexibility index (Phi) is 3.96. The lowest BCUT2D eigenvalue weighted by molar-refractivity contribution is 0.605. The number of rotatable bonds is 3. The first-order valence-corrected chi connectivity index (χ1v) is 10.7. The zero-order chi connectivity index (χ0) is 20.0. The molecule has 0 unspecified atom stereocenters. The van der Waals surface area contributed by atoms with Gasteiger partial charge in [-0.2, -0.15) is 0 Å². The fourth-order valence-corrected chi connectivity index (χ4v) is 4.70. The number of aryl methyl sites for hydroxylation is 1. The van der Waals surface area contributed by atoms with Gasteiger partial charge in [-0.3, -0.25) is 0 Å². The van der Waals surface area contributed by atoms with Crippen molar-refractivity contribution in [1.29, 1.82) is 0 Å². The van der Waals surface area contributed by atoms with Gasteiger partial charge >= 0.3 is 0 Å². The van der Waals surface area contributed by atoms with Gasteiger partial charge in [0.1, 0.15) is 0 Å². The van der Waals surface area contributed by atoms with Crippen molar-refractivity contribution in [3.8, 4) is 11.3 Å². The van der Waals surface area contributed by atoms with Crippen molar-refractivity contribution in [3.63, 3.8) is 0 Å². The summed E-state index contributed by atoms with van der Waals surface area (Å²) in [6.07, 6.45) is 1.61. The molecule has 0 saturated carbocycles. The van der Waals surface area contributed by atoms with E-state index in [2.05, 4.69) is 16.4 Å². The van der Waals surface area contributed by atoms with Gasteiger partial charge in [0, 0.05) is 22.0 Å². The van der Waals surface area contributed by atoms with Crippen LogP contribution in [0.3, 0.4) is 0 Å². The van der Waals surface area contributed by atoms with Crippen LogP contribution < -0.4 is 5.32 Å². The van der Waals surface area contributed by atoms with Crippen molar-refractivity contribution >= 4 is 38.5 Å². The van der Waals surface area contributed by atoms with Crippen LogP contribution in [0.5, 0.6) is 0 Å². The molecule has 4 aromatic rings. The fraction of sp³-hybridized carbons (Fsp3) is 0.0435. The molecule has 5 nitrogen and oxygen atoms in total. The minimum absolute atomic E-state index is 0.294. The maximum absolute atomic E-state index is 12.2. The molecular formula is C23H17N3O2S. The normalized spacial score (nSPS) is 14.1. The van der Waals surface area contributed by atoms with E-state index in [1.807, 2.05) is 55.5 Å². The SMILES string of the molecule is Cc1ccc2nc(Nc3ccc4c(c3)S(=O)(=O)C=C4)nc(-c3ccccc3)c2c1. The number of anilines is 2. The summed E-state index contributed by atoms with van der Waals surface area (Å²) in [5, 5.41) is 5.37. The minimum atomic E-state index is -3.37. The summed E-state index contributed by atoms with van der Waals surface area (Å²) in [5.74, 6) is 0.420. The molecule has 0 atom stereocenters. The zero-order valence-corrected chi connectivity index (χ0v) is 16.4. The Morgan fingerprint density at radius 2 is 1.72 bits per heavy atom. The highest BCUT2D eigenvalue weighted by molar-refractivity contribution is 7.94. The quantitative estimate of drug-likeness (QED) is 0.518. The summed E-state index contributed by atoms with van der Waals surface area (Å²) >= 11 is 0. The molecule has 1 N–H and O–H groups in total. The fourth-order valence-electron chi connectivity index (χ4n) is 3.48. The number of nitrogens with zero attached hydrogens (tertiary/aromatic N) is 2.